The maximum atomic E-state index is 12.8. The highest BCUT2D eigenvalue weighted by molar-refractivity contribution is 5.94. The maximum Gasteiger partial charge on any atom is 0.338 e. The van der Waals surface area contributed by atoms with E-state index in [0.717, 1.165) is 5.56 Å². The van der Waals surface area contributed by atoms with E-state index in [1.165, 1.54) is 0 Å². The molecule has 6 heteroatoms. The summed E-state index contributed by atoms with van der Waals surface area (Å²) < 4.78 is 5.27. The highest BCUT2D eigenvalue weighted by Crippen LogP contribution is 2.18. The Morgan fingerprint density at radius 1 is 0.964 bits per heavy atom. The van der Waals surface area contributed by atoms with Crippen LogP contribution in [0.5, 0.6) is 0 Å². The third kappa shape index (κ3) is 4.71. The van der Waals surface area contributed by atoms with Crippen LogP contribution in [0.4, 0.5) is 0 Å². The third-order valence-corrected chi connectivity index (χ3v) is 4.33. The van der Waals surface area contributed by atoms with Crippen LogP contribution in [-0.2, 0) is 16.1 Å². The normalized spacial score (nSPS) is 11.2. The number of carbonyl (C=O) groups excluding carboxylic acids is 2. The molecule has 0 aliphatic rings. The zero-order valence-corrected chi connectivity index (χ0v) is 16.3. The molecule has 0 aliphatic heterocycles. The van der Waals surface area contributed by atoms with Crippen molar-refractivity contribution in [3.8, 4) is 0 Å². The Labute approximate surface area is 164 Å². The first-order chi connectivity index (χ1) is 13.3. The molecule has 0 bridgehead atoms. The minimum atomic E-state index is -0.561. The molecule has 6 nitrogen and oxygen atoms in total. The summed E-state index contributed by atoms with van der Waals surface area (Å²) in [6.07, 6.45) is 3.15. The van der Waals surface area contributed by atoms with Crippen molar-refractivity contribution in [2.75, 3.05) is 6.61 Å². The summed E-state index contributed by atoms with van der Waals surface area (Å²) in [5, 5.41) is 0. The van der Waals surface area contributed by atoms with Crippen molar-refractivity contribution in [1.29, 1.82) is 0 Å². The topological polar surface area (TPSA) is 72.4 Å². The van der Waals surface area contributed by atoms with Crippen LogP contribution >= 0.6 is 0 Å². The Bertz CT molecular complexity index is 981. The predicted molar refractivity (Wildman–Crippen MR) is 107 cm³/mol. The summed E-state index contributed by atoms with van der Waals surface area (Å²) in [5.41, 5.74) is 2.25. The van der Waals surface area contributed by atoms with Gasteiger partial charge in [0.05, 0.1) is 16.6 Å². The average Bonchev–Trinajstić information content (AvgIpc) is 2.69. The van der Waals surface area contributed by atoms with E-state index >= 15 is 0 Å². The molecular formula is C22H23N3O3. The molecule has 0 saturated carbocycles. The number of amides is 1. The lowest BCUT2D eigenvalue weighted by Gasteiger charge is -2.35. The fourth-order valence-electron chi connectivity index (χ4n) is 2.84. The highest BCUT2D eigenvalue weighted by Gasteiger charge is 2.27. The second-order valence-corrected chi connectivity index (χ2v) is 7.47. The van der Waals surface area contributed by atoms with Crippen LogP contribution in [0.15, 0.2) is 60.9 Å². The van der Waals surface area contributed by atoms with Crippen molar-refractivity contribution >= 4 is 22.9 Å². The predicted octanol–water partition coefficient (Wildman–Crippen LogP) is 3.61. The molecule has 1 aromatic heterocycles. The molecule has 0 saturated heterocycles. The van der Waals surface area contributed by atoms with Gasteiger partial charge in [-0.3, -0.25) is 14.8 Å². The number of hydrogen-bond acceptors (Lipinski definition) is 5. The molecule has 0 unspecified atom stereocenters. The van der Waals surface area contributed by atoms with Gasteiger partial charge in [0, 0.05) is 24.5 Å². The lowest BCUT2D eigenvalue weighted by molar-refractivity contribution is -0.140. The first-order valence-electron chi connectivity index (χ1n) is 9.07. The molecule has 28 heavy (non-hydrogen) atoms. The number of hydrogen-bond donors (Lipinski definition) is 0. The van der Waals surface area contributed by atoms with E-state index in [9.17, 15) is 9.59 Å². The van der Waals surface area contributed by atoms with Crippen LogP contribution in [0, 0.1) is 0 Å². The van der Waals surface area contributed by atoms with Crippen molar-refractivity contribution in [3.05, 3.63) is 72.1 Å². The number of fused-ring (bicyclic) bond motifs is 1. The SMILES string of the molecule is CC(C)(C)N(Cc1ccccc1)C(=O)COC(=O)c1ccc2nccnc2c1. The molecule has 0 aliphatic carbocycles. The molecule has 3 aromatic rings. The number of aromatic nitrogens is 2. The lowest BCUT2D eigenvalue weighted by atomic mass is 10.0. The summed E-state index contributed by atoms with van der Waals surface area (Å²) in [4.78, 5) is 35.2. The van der Waals surface area contributed by atoms with Gasteiger partial charge in [0.25, 0.3) is 5.91 Å². The first kappa shape index (κ1) is 19.5. The Morgan fingerprint density at radius 3 is 2.32 bits per heavy atom. The zero-order valence-electron chi connectivity index (χ0n) is 16.3. The van der Waals surface area contributed by atoms with Crippen molar-refractivity contribution in [3.63, 3.8) is 0 Å². The smallest absolute Gasteiger partial charge is 0.338 e. The summed E-state index contributed by atoms with van der Waals surface area (Å²) in [5.74, 6) is -0.806. The molecule has 1 amide bonds. The van der Waals surface area contributed by atoms with Crippen LogP contribution in [0.25, 0.3) is 11.0 Å². The van der Waals surface area contributed by atoms with E-state index in [4.69, 9.17) is 4.74 Å². The van der Waals surface area contributed by atoms with E-state index < -0.39 is 11.5 Å². The van der Waals surface area contributed by atoms with Crippen molar-refractivity contribution in [1.82, 2.24) is 14.9 Å². The largest absolute Gasteiger partial charge is 0.452 e. The monoisotopic (exact) mass is 377 g/mol. The fraction of sp³-hybridized carbons (Fsp3) is 0.273. The molecule has 1 heterocycles. The number of carbonyl (C=O) groups is 2. The molecular weight excluding hydrogens is 354 g/mol. The Morgan fingerprint density at radius 2 is 1.64 bits per heavy atom. The second kappa shape index (κ2) is 8.17. The molecule has 0 radical (unpaired) electrons. The van der Waals surface area contributed by atoms with Gasteiger partial charge >= 0.3 is 5.97 Å². The second-order valence-electron chi connectivity index (χ2n) is 7.47. The van der Waals surface area contributed by atoms with E-state index in [-0.39, 0.29) is 12.5 Å². The van der Waals surface area contributed by atoms with Gasteiger partial charge in [0.2, 0.25) is 0 Å². The van der Waals surface area contributed by atoms with Gasteiger partial charge in [-0.25, -0.2) is 4.79 Å². The molecule has 0 N–H and O–H groups in total. The Balaban J connectivity index is 1.68. The molecule has 144 valence electrons. The van der Waals surface area contributed by atoms with E-state index in [2.05, 4.69) is 9.97 Å². The Kier molecular flexibility index (Phi) is 5.68. The first-order valence-corrected chi connectivity index (χ1v) is 9.07. The maximum absolute atomic E-state index is 12.8. The van der Waals surface area contributed by atoms with Crippen LogP contribution in [0.2, 0.25) is 0 Å². The van der Waals surface area contributed by atoms with Crippen LogP contribution in [0.1, 0.15) is 36.7 Å². The van der Waals surface area contributed by atoms with Crippen LogP contribution in [-0.4, -0.2) is 38.9 Å². The third-order valence-electron chi connectivity index (χ3n) is 4.33. The summed E-state index contributed by atoms with van der Waals surface area (Å²) >= 11 is 0. The molecule has 0 atom stereocenters. The number of nitrogens with zero attached hydrogens (tertiary/aromatic N) is 3. The van der Waals surface area contributed by atoms with Gasteiger partial charge in [-0.15, -0.1) is 0 Å². The highest BCUT2D eigenvalue weighted by atomic mass is 16.5. The molecule has 3 rings (SSSR count). The van der Waals surface area contributed by atoms with Gasteiger partial charge in [0.15, 0.2) is 6.61 Å². The minimum Gasteiger partial charge on any atom is -0.452 e. The standard InChI is InChI=1S/C22H23N3O3/c1-22(2,3)25(14-16-7-5-4-6-8-16)20(26)15-28-21(27)17-9-10-18-19(13-17)24-12-11-23-18/h4-13H,14-15H2,1-3H3. The van der Waals surface area contributed by atoms with E-state index in [1.807, 2.05) is 51.1 Å². The van der Waals surface area contributed by atoms with Gasteiger partial charge in [-0.1, -0.05) is 30.3 Å². The number of benzene rings is 2. The summed E-state index contributed by atoms with van der Waals surface area (Å²) in [7, 11) is 0. The van der Waals surface area contributed by atoms with Crippen molar-refractivity contribution in [2.45, 2.75) is 32.9 Å². The number of esters is 1. The minimum absolute atomic E-state index is 0.245. The summed E-state index contributed by atoms with van der Waals surface area (Å²) in [6.45, 7) is 6.00. The van der Waals surface area contributed by atoms with Crippen LogP contribution < -0.4 is 0 Å². The van der Waals surface area contributed by atoms with Crippen molar-refractivity contribution in [2.24, 2.45) is 0 Å². The van der Waals surface area contributed by atoms with E-state index in [1.54, 1.807) is 35.5 Å². The van der Waals surface area contributed by atoms with Gasteiger partial charge in [-0.05, 0) is 44.5 Å². The van der Waals surface area contributed by atoms with Gasteiger partial charge < -0.3 is 9.64 Å². The molecule has 0 spiro atoms. The number of ether oxygens (including phenoxy) is 1. The zero-order chi connectivity index (χ0) is 20.1. The molecule has 2 aromatic carbocycles. The fourth-order valence-corrected chi connectivity index (χ4v) is 2.84. The number of rotatable bonds is 5. The van der Waals surface area contributed by atoms with Gasteiger partial charge in [0.1, 0.15) is 0 Å². The van der Waals surface area contributed by atoms with Gasteiger partial charge in [-0.2, -0.15) is 0 Å². The average molecular weight is 377 g/mol. The van der Waals surface area contributed by atoms with Crippen LogP contribution in [0.3, 0.4) is 0 Å². The molecule has 0 fully saturated rings. The summed E-state index contributed by atoms with van der Waals surface area (Å²) in [6, 6.07) is 14.7. The van der Waals surface area contributed by atoms with E-state index in [0.29, 0.717) is 23.1 Å². The van der Waals surface area contributed by atoms with Crippen molar-refractivity contribution < 1.29 is 14.3 Å². The Hall–Kier alpha value is -3.28. The quantitative estimate of drug-likeness (QED) is 0.635. The lowest BCUT2D eigenvalue weighted by Crippen LogP contribution is -2.46.